The Balaban J connectivity index is 0.00000171. The van der Waals surface area contributed by atoms with Crippen LogP contribution in [0.4, 0.5) is 0 Å². The first-order valence-electron chi connectivity index (χ1n) is 20.9. The third-order valence-corrected chi connectivity index (χ3v) is 12.7. The molecule has 0 N–H and O–H groups in total. The van der Waals surface area contributed by atoms with Crippen LogP contribution >= 0.6 is 31.8 Å². The predicted molar refractivity (Wildman–Crippen MR) is 248 cm³/mol. The van der Waals surface area contributed by atoms with Crippen LogP contribution in [0, 0.1) is 0 Å². The summed E-state index contributed by atoms with van der Waals surface area (Å²) in [5.74, 6) is 3.59. The molecule has 312 valence electrons. The number of fused-ring (bicyclic) bond motifs is 2. The second-order valence-electron chi connectivity index (χ2n) is 20.6. The molecule has 0 atom stereocenters. The predicted octanol–water partition coefficient (Wildman–Crippen LogP) is 14.9. The van der Waals surface area contributed by atoms with Gasteiger partial charge in [-0.15, -0.1) is 23.2 Å². The van der Waals surface area contributed by atoms with Gasteiger partial charge in [-0.3, -0.25) is 0 Å². The minimum atomic E-state index is -1.85. The molecule has 0 aromatic heterocycles. The maximum atomic E-state index is 7.17. The molecule has 3 heterocycles. The highest BCUT2D eigenvalue weighted by Crippen LogP contribution is 2.55. The summed E-state index contributed by atoms with van der Waals surface area (Å²) in [7, 11) is -1.85. The van der Waals surface area contributed by atoms with E-state index in [0.29, 0.717) is 32.3 Å². The first-order chi connectivity index (χ1) is 27.6. The highest BCUT2D eigenvalue weighted by atomic mass is 35.5. The van der Waals surface area contributed by atoms with Gasteiger partial charge in [0.05, 0.1) is 5.34 Å². The molecule has 0 unspecified atom stereocenters. The van der Waals surface area contributed by atoms with Gasteiger partial charge in [0.2, 0.25) is 0 Å². The molecular weight excluding hydrogens is 790 g/mol. The van der Waals surface area contributed by atoms with E-state index in [4.69, 9.17) is 41.5 Å². The smallest absolute Gasteiger partial charge is 0.488 e. The molecule has 0 spiro atoms. The third-order valence-electron chi connectivity index (χ3n) is 11.7. The quantitative estimate of drug-likeness (QED) is 0.131. The van der Waals surface area contributed by atoms with Gasteiger partial charge in [-0.05, 0) is 94.0 Å². The fraction of sp³-hybridized carbons (Fsp3) is 0.423. The molecule has 4 nitrogen and oxygen atoms in total. The molecule has 0 saturated heterocycles. The first kappa shape index (κ1) is 43.4. The summed E-state index contributed by atoms with van der Waals surface area (Å²) < 4.78 is 28.4. The lowest BCUT2D eigenvalue weighted by Gasteiger charge is -2.34. The van der Waals surface area contributed by atoms with Gasteiger partial charge in [0.1, 0.15) is 29.6 Å². The van der Waals surface area contributed by atoms with Gasteiger partial charge in [0, 0.05) is 25.7 Å². The van der Waals surface area contributed by atoms with E-state index in [2.05, 4.69) is 162 Å². The van der Waals surface area contributed by atoms with E-state index >= 15 is 0 Å². The van der Waals surface area contributed by atoms with E-state index in [-0.39, 0.29) is 27.0 Å². The van der Waals surface area contributed by atoms with Gasteiger partial charge >= 0.3 is 8.60 Å². The second kappa shape index (κ2) is 16.3. The van der Waals surface area contributed by atoms with Crippen molar-refractivity contribution in [2.45, 2.75) is 137 Å². The number of benzene rings is 5. The van der Waals surface area contributed by atoms with Crippen molar-refractivity contribution in [3.05, 3.63) is 151 Å². The molecular formula is C52H61Cl2O4P. The highest BCUT2D eigenvalue weighted by molar-refractivity contribution is 7.43. The molecule has 5 aromatic carbocycles. The first-order valence-corrected chi connectivity index (χ1v) is 23.1. The summed E-state index contributed by atoms with van der Waals surface area (Å²) in [5.41, 5.74) is 15.4. The Morgan fingerprint density at radius 3 is 1.02 bits per heavy atom. The molecule has 0 saturated carbocycles. The molecule has 7 heteroatoms. The normalized spacial score (nSPS) is 14.8. The average Bonchev–Trinajstić information content (AvgIpc) is 3.11. The minimum Gasteiger partial charge on any atom is -0.488 e. The van der Waals surface area contributed by atoms with Crippen LogP contribution in [-0.2, 0) is 54.0 Å². The summed E-state index contributed by atoms with van der Waals surface area (Å²) in [6, 6.07) is 29.5. The lowest BCUT2D eigenvalue weighted by atomic mass is 9.79. The van der Waals surface area contributed by atoms with Gasteiger partial charge in [0.15, 0.2) is 0 Å². The van der Waals surface area contributed by atoms with Gasteiger partial charge in [-0.2, -0.15) is 0 Å². The molecule has 3 aliphatic rings. The minimum absolute atomic E-state index is 0.0407. The fourth-order valence-electron chi connectivity index (χ4n) is 8.17. The van der Waals surface area contributed by atoms with Gasteiger partial charge in [-0.25, -0.2) is 0 Å². The van der Waals surface area contributed by atoms with Crippen LogP contribution in [0.3, 0.4) is 0 Å². The Hall–Kier alpha value is -3.69. The van der Waals surface area contributed by atoms with E-state index in [0.717, 1.165) is 39.7 Å². The Morgan fingerprint density at radius 2 is 0.729 bits per heavy atom. The van der Waals surface area contributed by atoms with Crippen molar-refractivity contribution >= 4 is 31.8 Å². The van der Waals surface area contributed by atoms with Crippen molar-refractivity contribution in [1.29, 1.82) is 0 Å². The molecule has 5 aromatic rings. The molecule has 8 rings (SSSR count). The lowest BCUT2D eigenvalue weighted by molar-refractivity contribution is 0.300. The molecule has 0 amide bonds. The zero-order valence-corrected chi connectivity index (χ0v) is 39.5. The van der Waals surface area contributed by atoms with Crippen LogP contribution in [0.1, 0.15) is 155 Å². The second-order valence-corrected chi connectivity index (χ2v) is 22.4. The maximum absolute atomic E-state index is 7.17. The Labute approximate surface area is 364 Å². The summed E-state index contributed by atoms with van der Waals surface area (Å²) in [6.45, 7) is 28.2. The highest BCUT2D eigenvalue weighted by Gasteiger charge is 2.36. The summed E-state index contributed by atoms with van der Waals surface area (Å²) in [5, 5.41) is 0.194. The van der Waals surface area contributed by atoms with Crippen molar-refractivity contribution < 1.29 is 18.3 Å². The van der Waals surface area contributed by atoms with Crippen LogP contribution in [0.5, 0.6) is 23.0 Å². The topological polar surface area (TPSA) is 36.9 Å². The van der Waals surface area contributed by atoms with Gasteiger partial charge in [-0.1, -0.05) is 162 Å². The number of hydrogen-bond donors (Lipinski definition) is 0. The van der Waals surface area contributed by atoms with Crippen LogP contribution in [0.2, 0.25) is 0 Å². The Morgan fingerprint density at radius 1 is 0.458 bits per heavy atom. The van der Waals surface area contributed by atoms with Crippen LogP contribution in [0.15, 0.2) is 78.9 Å². The van der Waals surface area contributed by atoms with Gasteiger partial charge < -0.3 is 18.3 Å². The zero-order valence-electron chi connectivity index (χ0n) is 37.1. The number of rotatable bonds is 3. The third kappa shape index (κ3) is 9.46. The van der Waals surface area contributed by atoms with E-state index < -0.39 is 8.60 Å². The van der Waals surface area contributed by atoms with Crippen LogP contribution in [0.25, 0.3) is 0 Å². The lowest BCUT2D eigenvalue weighted by Crippen LogP contribution is -2.20. The monoisotopic (exact) mass is 850 g/mol. The molecule has 59 heavy (non-hydrogen) atoms. The van der Waals surface area contributed by atoms with Crippen molar-refractivity contribution in [2.24, 2.45) is 0 Å². The SMILES string of the molecule is CC(C)(C)c1cc2c(OCc3ccccc3)c(c1)Cc1cc(C(C)(C)C)cc3c1OP1Oc4c(cc(C(C)(C)C)cc4Cc4cc(C(C)(C)C)cc(c4O1)C3)C2.ClCCl. The van der Waals surface area contributed by atoms with Gasteiger partial charge in [0.25, 0.3) is 0 Å². The number of hydrogen-bond acceptors (Lipinski definition) is 4. The van der Waals surface area contributed by atoms with Crippen LogP contribution in [-0.4, -0.2) is 5.34 Å². The van der Waals surface area contributed by atoms with Crippen molar-refractivity contribution in [2.75, 3.05) is 5.34 Å². The van der Waals surface area contributed by atoms with Crippen molar-refractivity contribution in [1.82, 2.24) is 0 Å². The summed E-state index contributed by atoms with van der Waals surface area (Å²) >= 11 is 9.53. The van der Waals surface area contributed by atoms with Crippen molar-refractivity contribution in [3.63, 3.8) is 0 Å². The van der Waals surface area contributed by atoms with Crippen molar-refractivity contribution in [3.8, 4) is 23.0 Å². The Bertz CT molecular complexity index is 2240. The van der Waals surface area contributed by atoms with Crippen LogP contribution < -0.4 is 18.3 Å². The standard InChI is InChI=1S/C51H59O4P.CH2Cl2/c1-48(2,3)40-22-32-18-34-24-41(49(4,5)6)26-36-20-38-28-43(51(10,11)12)29-39-21-37-27-42(50(7,8)9)25-35(46(37)54-56(53-45(34)36)55-47(38)39)19-33(23-40)44(32)52-30-31-16-14-13-15-17-31;2-1-3/h13-17,22-29H,18-21,30H2,1-12H3;1H2. The zero-order chi connectivity index (χ0) is 42.7. The fourth-order valence-corrected chi connectivity index (χ4v) is 9.43. The largest absolute Gasteiger partial charge is 0.530 e. The molecule has 6 bridgehead atoms. The Kier molecular flexibility index (Phi) is 12.0. The number of halogens is 2. The van der Waals surface area contributed by atoms with E-state index in [1.165, 1.54) is 55.6 Å². The maximum Gasteiger partial charge on any atom is 0.530 e. The summed E-state index contributed by atoms with van der Waals surface area (Å²) in [4.78, 5) is 0. The number of alkyl halides is 2. The molecule has 0 fully saturated rings. The molecule has 0 aliphatic carbocycles. The molecule has 3 aliphatic heterocycles. The van der Waals surface area contributed by atoms with E-state index in [1.807, 2.05) is 0 Å². The van der Waals surface area contributed by atoms with E-state index in [9.17, 15) is 0 Å². The average molecular weight is 852 g/mol. The molecule has 0 radical (unpaired) electrons. The number of ether oxygens (including phenoxy) is 1. The van der Waals surface area contributed by atoms with E-state index in [1.54, 1.807) is 0 Å². The summed E-state index contributed by atoms with van der Waals surface area (Å²) in [6.07, 6.45) is 2.70.